The number of aryl methyl sites for hydroxylation is 2. The van der Waals surface area contributed by atoms with Gasteiger partial charge in [-0.2, -0.15) is 5.10 Å². The number of nitrogens with zero attached hydrogens (tertiary/aromatic N) is 3. The van der Waals surface area contributed by atoms with Gasteiger partial charge < -0.3 is 15.2 Å². The van der Waals surface area contributed by atoms with Crippen LogP contribution in [0.2, 0.25) is 0 Å². The van der Waals surface area contributed by atoms with Crippen molar-refractivity contribution >= 4 is 44.3 Å². The lowest BCUT2D eigenvalue weighted by atomic mass is 10.1. The van der Waals surface area contributed by atoms with Crippen molar-refractivity contribution in [3.63, 3.8) is 0 Å². The molecule has 1 unspecified atom stereocenters. The molecule has 3 rings (SSSR count). The van der Waals surface area contributed by atoms with Gasteiger partial charge in [-0.15, -0.1) is 16.4 Å². The van der Waals surface area contributed by atoms with Gasteiger partial charge in [-0.25, -0.2) is 0 Å². The molecular formula is C13H16N4O2S2. The number of fused-ring (bicyclic) bond motifs is 1. The zero-order valence-corrected chi connectivity index (χ0v) is 13.7. The second-order valence-electron chi connectivity index (χ2n) is 5.27. The van der Waals surface area contributed by atoms with Gasteiger partial charge in [0.2, 0.25) is 0 Å². The van der Waals surface area contributed by atoms with Gasteiger partial charge in [-0.3, -0.25) is 4.79 Å². The van der Waals surface area contributed by atoms with Gasteiger partial charge in [0.1, 0.15) is 15.0 Å². The summed E-state index contributed by atoms with van der Waals surface area (Å²) in [5.74, 6) is -0.103. The summed E-state index contributed by atoms with van der Waals surface area (Å²) >= 11 is 0.388. The SMILES string of the molecule is Cc1nnc2sc(C(=O)N3CC([S+](C)[O-])C3)c(N)c2c1C. The van der Waals surface area contributed by atoms with Crippen LogP contribution in [0, 0.1) is 13.8 Å². The number of nitrogens with two attached hydrogens (primary N) is 1. The molecule has 0 saturated carbocycles. The normalized spacial score (nSPS) is 17.0. The summed E-state index contributed by atoms with van der Waals surface area (Å²) in [6.07, 6.45) is 1.67. The van der Waals surface area contributed by atoms with E-state index in [1.54, 1.807) is 11.2 Å². The number of hydrogen-bond acceptors (Lipinski definition) is 6. The molecule has 0 radical (unpaired) electrons. The lowest BCUT2D eigenvalue weighted by Gasteiger charge is -2.38. The lowest BCUT2D eigenvalue weighted by Crippen LogP contribution is -2.56. The fraction of sp³-hybridized carbons (Fsp3) is 0.462. The number of amides is 1. The minimum absolute atomic E-state index is 0.0772. The Balaban J connectivity index is 1.93. The van der Waals surface area contributed by atoms with Crippen LogP contribution in [-0.4, -0.2) is 50.2 Å². The van der Waals surface area contributed by atoms with E-state index in [0.717, 1.165) is 16.6 Å². The maximum atomic E-state index is 12.5. The molecule has 0 bridgehead atoms. The molecule has 1 fully saturated rings. The fourth-order valence-electron chi connectivity index (χ4n) is 2.36. The zero-order chi connectivity index (χ0) is 15.3. The number of anilines is 1. The first kappa shape index (κ1) is 14.6. The number of rotatable bonds is 2. The number of carbonyl (C=O) groups is 1. The predicted octanol–water partition coefficient (Wildman–Crippen LogP) is 1.09. The highest BCUT2D eigenvalue weighted by Crippen LogP contribution is 2.36. The van der Waals surface area contributed by atoms with E-state index in [0.29, 0.717) is 28.5 Å². The van der Waals surface area contributed by atoms with Crippen LogP contribution in [-0.2, 0) is 11.2 Å². The second kappa shape index (κ2) is 5.11. The van der Waals surface area contributed by atoms with E-state index in [4.69, 9.17) is 5.73 Å². The first-order chi connectivity index (χ1) is 9.90. The van der Waals surface area contributed by atoms with Crippen LogP contribution in [0.5, 0.6) is 0 Å². The van der Waals surface area contributed by atoms with Crippen LogP contribution in [0.1, 0.15) is 20.9 Å². The van der Waals surface area contributed by atoms with Crippen LogP contribution in [0.15, 0.2) is 0 Å². The highest BCUT2D eigenvalue weighted by atomic mass is 32.2. The van der Waals surface area contributed by atoms with Crippen molar-refractivity contribution in [1.82, 2.24) is 15.1 Å². The Morgan fingerprint density at radius 3 is 2.71 bits per heavy atom. The summed E-state index contributed by atoms with van der Waals surface area (Å²) in [5.41, 5.74) is 8.42. The van der Waals surface area contributed by atoms with E-state index in [2.05, 4.69) is 10.2 Å². The molecule has 1 atom stereocenters. The van der Waals surface area contributed by atoms with Gasteiger partial charge in [0.15, 0.2) is 0 Å². The minimum atomic E-state index is -0.888. The number of carbonyl (C=O) groups excluding carboxylic acids is 1. The van der Waals surface area contributed by atoms with E-state index < -0.39 is 11.2 Å². The van der Waals surface area contributed by atoms with Crippen molar-refractivity contribution in [3.05, 3.63) is 16.1 Å². The summed E-state index contributed by atoms with van der Waals surface area (Å²) in [7, 11) is 0. The predicted molar refractivity (Wildman–Crippen MR) is 85.1 cm³/mol. The van der Waals surface area contributed by atoms with Crippen LogP contribution < -0.4 is 5.73 Å². The maximum absolute atomic E-state index is 12.5. The Hall–Kier alpha value is -1.38. The highest BCUT2D eigenvalue weighted by Gasteiger charge is 2.38. The van der Waals surface area contributed by atoms with Crippen LogP contribution in [0.25, 0.3) is 10.2 Å². The van der Waals surface area contributed by atoms with Crippen molar-refractivity contribution < 1.29 is 9.35 Å². The summed E-state index contributed by atoms with van der Waals surface area (Å²) in [6.45, 7) is 4.86. The third-order valence-electron chi connectivity index (χ3n) is 3.93. The van der Waals surface area contributed by atoms with E-state index in [9.17, 15) is 9.35 Å². The largest absolute Gasteiger partial charge is 0.616 e. The molecule has 1 aliphatic heterocycles. The maximum Gasteiger partial charge on any atom is 0.266 e. The molecule has 0 aromatic carbocycles. The molecular weight excluding hydrogens is 308 g/mol. The summed E-state index contributed by atoms with van der Waals surface area (Å²) in [4.78, 5) is 15.4. The van der Waals surface area contributed by atoms with Gasteiger partial charge in [-0.1, -0.05) is 11.2 Å². The van der Waals surface area contributed by atoms with E-state index in [-0.39, 0.29) is 11.2 Å². The van der Waals surface area contributed by atoms with Gasteiger partial charge in [0, 0.05) is 5.39 Å². The molecule has 3 heterocycles. The van der Waals surface area contributed by atoms with E-state index in [1.807, 2.05) is 13.8 Å². The monoisotopic (exact) mass is 324 g/mol. The molecule has 1 saturated heterocycles. The topological polar surface area (TPSA) is 95.2 Å². The Bertz CT molecular complexity index is 723. The Morgan fingerprint density at radius 1 is 1.43 bits per heavy atom. The number of thiophene rings is 1. The van der Waals surface area contributed by atoms with Crippen molar-refractivity contribution in [1.29, 1.82) is 0 Å². The first-order valence-electron chi connectivity index (χ1n) is 6.53. The molecule has 8 heteroatoms. The minimum Gasteiger partial charge on any atom is -0.616 e. The number of nitrogen functional groups attached to an aromatic ring is 1. The summed E-state index contributed by atoms with van der Waals surface area (Å²) < 4.78 is 11.4. The van der Waals surface area contributed by atoms with Crippen LogP contribution in [0.3, 0.4) is 0 Å². The first-order valence-corrected chi connectivity index (χ1v) is 8.97. The standard InChI is InChI=1S/C13H16N4O2S2/c1-6-7(2)15-16-12-9(6)10(14)11(20-12)13(18)17-4-8(5-17)21(3)19/h8H,4-5,14H2,1-3H3. The van der Waals surface area contributed by atoms with Gasteiger partial charge >= 0.3 is 0 Å². The van der Waals surface area contributed by atoms with E-state index in [1.165, 1.54) is 11.3 Å². The zero-order valence-electron chi connectivity index (χ0n) is 12.0. The smallest absolute Gasteiger partial charge is 0.266 e. The Morgan fingerprint density at radius 2 is 2.10 bits per heavy atom. The highest BCUT2D eigenvalue weighted by molar-refractivity contribution is 7.91. The van der Waals surface area contributed by atoms with Gasteiger partial charge in [-0.05, 0) is 19.4 Å². The third-order valence-corrected chi connectivity index (χ3v) is 6.25. The number of hydrogen-bond donors (Lipinski definition) is 1. The average molecular weight is 324 g/mol. The molecule has 1 amide bonds. The molecule has 2 N–H and O–H groups in total. The fourth-order valence-corrected chi connectivity index (χ4v) is 4.21. The quantitative estimate of drug-likeness (QED) is 0.834. The molecule has 0 spiro atoms. The third kappa shape index (κ3) is 2.27. The molecule has 6 nitrogen and oxygen atoms in total. The van der Waals surface area contributed by atoms with Crippen LogP contribution in [0.4, 0.5) is 5.69 Å². The van der Waals surface area contributed by atoms with E-state index >= 15 is 0 Å². The van der Waals surface area contributed by atoms with Crippen molar-refractivity contribution in [2.75, 3.05) is 25.1 Å². The van der Waals surface area contributed by atoms with Gasteiger partial charge in [0.05, 0.1) is 30.7 Å². The molecule has 21 heavy (non-hydrogen) atoms. The average Bonchev–Trinajstić information content (AvgIpc) is 2.69. The van der Waals surface area contributed by atoms with Crippen molar-refractivity contribution in [2.45, 2.75) is 19.1 Å². The number of aromatic nitrogens is 2. The number of likely N-dealkylation sites (tertiary alicyclic amines) is 1. The van der Waals surface area contributed by atoms with Crippen molar-refractivity contribution in [2.24, 2.45) is 0 Å². The second-order valence-corrected chi connectivity index (χ2v) is 7.93. The molecule has 1 aliphatic rings. The van der Waals surface area contributed by atoms with Crippen LogP contribution >= 0.6 is 11.3 Å². The molecule has 112 valence electrons. The Labute approximate surface area is 129 Å². The summed E-state index contributed by atoms with van der Waals surface area (Å²) in [5, 5.41) is 9.10. The molecule has 2 aromatic rings. The lowest BCUT2D eigenvalue weighted by molar-refractivity contribution is 0.0665. The summed E-state index contributed by atoms with van der Waals surface area (Å²) in [6, 6.07) is 0. The van der Waals surface area contributed by atoms with Gasteiger partial charge in [0.25, 0.3) is 5.91 Å². The molecule has 0 aliphatic carbocycles. The molecule has 2 aromatic heterocycles. The van der Waals surface area contributed by atoms with Crippen molar-refractivity contribution in [3.8, 4) is 0 Å². The Kier molecular flexibility index (Phi) is 3.54.